The number of nitrogens with zero attached hydrogens (tertiary/aromatic N) is 2. The van der Waals surface area contributed by atoms with Gasteiger partial charge in [0.15, 0.2) is 6.61 Å². The van der Waals surface area contributed by atoms with E-state index in [9.17, 15) is 13.2 Å². The second kappa shape index (κ2) is 9.53. The van der Waals surface area contributed by atoms with E-state index >= 15 is 0 Å². The highest BCUT2D eigenvalue weighted by atomic mass is 32.2. The maximum absolute atomic E-state index is 12.8. The fraction of sp³-hybridized carbons (Fsp3) is 0.0870. The van der Waals surface area contributed by atoms with Crippen molar-refractivity contribution in [2.24, 2.45) is 0 Å². The van der Waals surface area contributed by atoms with E-state index in [4.69, 9.17) is 9.15 Å². The Bertz CT molecular complexity index is 1350. The van der Waals surface area contributed by atoms with Gasteiger partial charge in [0.2, 0.25) is 5.89 Å². The quantitative estimate of drug-likeness (QED) is 0.389. The maximum Gasteiger partial charge on any atom is 0.339 e. The normalized spacial score (nSPS) is 11.1. The van der Waals surface area contributed by atoms with Crippen LogP contribution in [0.25, 0.3) is 11.5 Å². The molecule has 0 aliphatic carbocycles. The Balaban J connectivity index is 1.41. The number of hydrogen-bond acceptors (Lipinski definition) is 8. The summed E-state index contributed by atoms with van der Waals surface area (Å²) in [5, 5.41) is 7.97. The molecule has 0 unspecified atom stereocenters. The zero-order chi connectivity index (χ0) is 23.3. The number of rotatable bonds is 8. The van der Waals surface area contributed by atoms with Crippen molar-refractivity contribution in [3.63, 3.8) is 0 Å². The largest absolute Gasteiger partial charge is 0.484 e. The van der Waals surface area contributed by atoms with E-state index in [1.807, 2.05) is 30.3 Å². The van der Waals surface area contributed by atoms with E-state index < -0.39 is 16.0 Å². The van der Waals surface area contributed by atoms with Gasteiger partial charge in [0.05, 0.1) is 12.7 Å². The Labute approximate surface area is 190 Å². The average Bonchev–Trinajstić information content (AvgIpc) is 3.33. The summed E-state index contributed by atoms with van der Waals surface area (Å²) in [6.45, 7) is 0.0530. The summed E-state index contributed by atoms with van der Waals surface area (Å²) in [5.41, 5.74) is 1.05. The molecule has 4 aromatic rings. The summed E-state index contributed by atoms with van der Waals surface area (Å²) < 4.78 is 43.9. The van der Waals surface area contributed by atoms with E-state index in [0.29, 0.717) is 23.2 Å². The van der Waals surface area contributed by atoms with Gasteiger partial charge in [0.25, 0.3) is 15.9 Å². The topological polar surface area (TPSA) is 121 Å². The van der Waals surface area contributed by atoms with Crippen molar-refractivity contribution in [2.75, 3.05) is 11.8 Å². The lowest BCUT2D eigenvalue weighted by Crippen LogP contribution is -2.17. The first kappa shape index (κ1) is 22.0. The van der Waals surface area contributed by atoms with E-state index in [0.717, 1.165) is 5.56 Å². The minimum absolute atomic E-state index is 0.0530. The summed E-state index contributed by atoms with van der Waals surface area (Å²) >= 11 is 0. The minimum Gasteiger partial charge on any atom is -0.484 e. The van der Waals surface area contributed by atoms with E-state index in [1.165, 1.54) is 37.4 Å². The van der Waals surface area contributed by atoms with Crippen LogP contribution in [0.2, 0.25) is 0 Å². The molecule has 1 N–H and O–H groups in total. The molecule has 0 saturated heterocycles. The average molecular weight is 465 g/mol. The molecule has 4 rings (SSSR count). The molecule has 0 aliphatic rings. The van der Waals surface area contributed by atoms with Gasteiger partial charge >= 0.3 is 5.97 Å². The van der Waals surface area contributed by atoms with Crippen molar-refractivity contribution in [1.82, 2.24) is 10.2 Å². The predicted molar refractivity (Wildman–Crippen MR) is 119 cm³/mol. The fourth-order valence-corrected chi connectivity index (χ4v) is 4.22. The van der Waals surface area contributed by atoms with E-state index in [-0.39, 0.29) is 17.1 Å². The molecule has 168 valence electrons. The fourth-order valence-electron chi connectivity index (χ4n) is 2.96. The van der Waals surface area contributed by atoms with Gasteiger partial charge in [-0.1, -0.05) is 30.3 Å². The van der Waals surface area contributed by atoms with Crippen molar-refractivity contribution < 1.29 is 27.1 Å². The van der Waals surface area contributed by atoms with Crippen molar-refractivity contribution in [3.8, 4) is 17.2 Å². The van der Waals surface area contributed by atoms with Crippen LogP contribution < -0.4 is 9.46 Å². The van der Waals surface area contributed by atoms with Crippen molar-refractivity contribution >= 4 is 21.7 Å². The molecule has 0 saturated carbocycles. The monoisotopic (exact) mass is 465 g/mol. The number of hydrogen-bond donors (Lipinski definition) is 1. The van der Waals surface area contributed by atoms with Crippen LogP contribution >= 0.6 is 0 Å². The van der Waals surface area contributed by atoms with Gasteiger partial charge in [-0.15, -0.1) is 10.2 Å². The molecule has 0 spiro atoms. The number of benzene rings is 3. The maximum atomic E-state index is 12.8. The molecule has 10 heteroatoms. The Morgan fingerprint density at radius 2 is 1.64 bits per heavy atom. The molecule has 0 radical (unpaired) electrons. The number of anilines is 1. The molecule has 9 nitrogen and oxygen atoms in total. The Morgan fingerprint density at radius 3 is 2.36 bits per heavy atom. The van der Waals surface area contributed by atoms with Crippen LogP contribution in [-0.2, 0) is 21.4 Å². The first-order valence-electron chi connectivity index (χ1n) is 9.77. The number of sulfonamides is 1. The molecule has 1 aromatic heterocycles. The highest BCUT2D eigenvalue weighted by Crippen LogP contribution is 2.23. The van der Waals surface area contributed by atoms with Gasteiger partial charge in [-0.05, 0) is 48.5 Å². The molecule has 0 amide bonds. The van der Waals surface area contributed by atoms with Crippen molar-refractivity contribution in [3.05, 3.63) is 90.3 Å². The van der Waals surface area contributed by atoms with Crippen LogP contribution in [0.3, 0.4) is 0 Å². The Morgan fingerprint density at radius 1 is 0.939 bits per heavy atom. The first-order chi connectivity index (χ1) is 16.0. The highest BCUT2D eigenvalue weighted by molar-refractivity contribution is 7.92. The Hall–Kier alpha value is -4.18. The van der Waals surface area contributed by atoms with Gasteiger partial charge < -0.3 is 13.9 Å². The number of esters is 1. The van der Waals surface area contributed by atoms with Crippen LogP contribution in [0.4, 0.5) is 5.69 Å². The van der Waals surface area contributed by atoms with E-state index in [1.54, 1.807) is 18.2 Å². The molecular weight excluding hydrogens is 446 g/mol. The van der Waals surface area contributed by atoms with Crippen LogP contribution in [-0.4, -0.2) is 31.7 Å². The third-order valence-electron chi connectivity index (χ3n) is 4.54. The Kier molecular flexibility index (Phi) is 6.36. The summed E-state index contributed by atoms with van der Waals surface area (Å²) in [6, 6.07) is 21.4. The number of carbonyl (C=O) groups excluding carboxylic acids is 1. The second-order valence-corrected chi connectivity index (χ2v) is 8.42. The van der Waals surface area contributed by atoms with Gasteiger partial charge in [-0.3, -0.25) is 4.72 Å². The number of ether oxygens (including phenoxy) is 2. The standard InChI is InChI=1S/C23H19N3O6S/c1-30-23(27)19-9-5-6-10-20(19)33(28,29)26-17-11-13-18(14-12-17)31-15-21-24-25-22(32-21)16-7-3-2-4-8-16/h2-14,26H,15H2,1H3. The zero-order valence-electron chi connectivity index (χ0n) is 17.5. The summed E-state index contributed by atoms with van der Waals surface area (Å²) in [7, 11) is -2.83. The SMILES string of the molecule is COC(=O)c1ccccc1S(=O)(=O)Nc1ccc(OCc2nnc(-c3ccccc3)o2)cc1. The number of carbonyl (C=O) groups is 1. The van der Waals surface area contributed by atoms with Crippen LogP contribution in [0.15, 0.2) is 88.2 Å². The molecule has 0 aliphatic heterocycles. The van der Waals surface area contributed by atoms with Crippen LogP contribution in [0.1, 0.15) is 16.2 Å². The molecule has 0 fully saturated rings. The van der Waals surface area contributed by atoms with Crippen molar-refractivity contribution in [2.45, 2.75) is 11.5 Å². The molecule has 33 heavy (non-hydrogen) atoms. The second-order valence-electron chi connectivity index (χ2n) is 6.77. The molecule has 3 aromatic carbocycles. The van der Waals surface area contributed by atoms with Gasteiger partial charge in [-0.25, -0.2) is 13.2 Å². The van der Waals surface area contributed by atoms with Gasteiger partial charge in [0.1, 0.15) is 10.6 Å². The molecule has 1 heterocycles. The third-order valence-corrected chi connectivity index (χ3v) is 5.98. The van der Waals surface area contributed by atoms with Gasteiger partial charge in [0, 0.05) is 11.3 Å². The summed E-state index contributed by atoms with van der Waals surface area (Å²) in [4.78, 5) is 11.7. The number of aromatic nitrogens is 2. The number of methoxy groups -OCH3 is 1. The summed E-state index contributed by atoms with van der Waals surface area (Å²) in [6.07, 6.45) is 0. The van der Waals surface area contributed by atoms with Crippen molar-refractivity contribution in [1.29, 1.82) is 0 Å². The molecule has 0 bridgehead atoms. The third kappa shape index (κ3) is 5.18. The smallest absolute Gasteiger partial charge is 0.339 e. The van der Waals surface area contributed by atoms with Gasteiger partial charge in [-0.2, -0.15) is 0 Å². The van der Waals surface area contributed by atoms with Crippen LogP contribution in [0.5, 0.6) is 5.75 Å². The van der Waals surface area contributed by atoms with E-state index in [2.05, 4.69) is 19.7 Å². The highest BCUT2D eigenvalue weighted by Gasteiger charge is 2.22. The lowest BCUT2D eigenvalue weighted by atomic mass is 10.2. The zero-order valence-corrected chi connectivity index (χ0v) is 18.3. The summed E-state index contributed by atoms with van der Waals surface area (Å²) in [5.74, 6) is 0.438. The first-order valence-corrected chi connectivity index (χ1v) is 11.3. The number of nitrogens with one attached hydrogen (secondary N) is 1. The lowest BCUT2D eigenvalue weighted by molar-refractivity contribution is 0.0596. The minimum atomic E-state index is -4.02. The van der Waals surface area contributed by atoms with Crippen LogP contribution in [0, 0.1) is 0 Å². The lowest BCUT2D eigenvalue weighted by Gasteiger charge is -2.11. The molecular formula is C23H19N3O6S. The molecule has 0 atom stereocenters. The predicted octanol–water partition coefficient (Wildman–Crippen LogP) is 3.90.